The van der Waals surface area contributed by atoms with Gasteiger partial charge in [0, 0.05) is 5.41 Å². The van der Waals surface area contributed by atoms with Crippen LogP contribution in [0.3, 0.4) is 0 Å². The number of allylic oxidation sites excluding steroid dienone is 1. The van der Waals surface area contributed by atoms with Gasteiger partial charge in [0.1, 0.15) is 0 Å². The molecule has 9 atom stereocenters. The van der Waals surface area contributed by atoms with Gasteiger partial charge in [-0.1, -0.05) is 44.4 Å². The summed E-state index contributed by atoms with van der Waals surface area (Å²) in [5.41, 5.74) is 7.13. The number of tetrazole rings is 1. The molecule has 34 heavy (non-hydrogen) atoms. The highest BCUT2D eigenvalue weighted by Crippen LogP contribution is 2.73. The summed E-state index contributed by atoms with van der Waals surface area (Å²) < 4.78 is 6.38. The summed E-state index contributed by atoms with van der Waals surface area (Å²) >= 11 is 0. The van der Waals surface area contributed by atoms with E-state index >= 15 is 0 Å². The predicted molar refractivity (Wildman–Crippen MR) is 127 cm³/mol. The van der Waals surface area contributed by atoms with Crippen LogP contribution >= 0.6 is 0 Å². The van der Waals surface area contributed by atoms with E-state index in [4.69, 9.17) is 10.5 Å². The molecular formula is C26H39N5O3. The van der Waals surface area contributed by atoms with Crippen molar-refractivity contribution in [3.8, 4) is 0 Å². The first-order valence-corrected chi connectivity index (χ1v) is 13.1. The molecule has 1 aliphatic heterocycles. The molecule has 3 N–H and O–H groups in total. The first-order valence-electron chi connectivity index (χ1n) is 13.1. The van der Waals surface area contributed by atoms with Gasteiger partial charge in [-0.05, 0) is 84.2 Å². The minimum absolute atomic E-state index is 0.0247. The third-order valence-corrected chi connectivity index (χ3v) is 11.5. The van der Waals surface area contributed by atoms with Crippen LogP contribution in [0.2, 0.25) is 0 Å². The minimum Gasteiger partial charge on any atom is -0.481 e. The van der Waals surface area contributed by atoms with Crippen molar-refractivity contribution in [3.63, 3.8) is 0 Å². The molecule has 6 rings (SSSR count). The summed E-state index contributed by atoms with van der Waals surface area (Å²) in [7, 11) is 0. The third-order valence-electron chi connectivity index (χ3n) is 11.5. The van der Waals surface area contributed by atoms with Crippen LogP contribution in [0.15, 0.2) is 11.6 Å². The maximum atomic E-state index is 12.5. The molecular weight excluding hydrogens is 430 g/mol. The second-order valence-corrected chi connectivity index (χ2v) is 13.0. The van der Waals surface area contributed by atoms with Gasteiger partial charge < -0.3 is 15.6 Å². The fourth-order valence-corrected chi connectivity index (χ4v) is 9.93. The van der Waals surface area contributed by atoms with Crippen molar-refractivity contribution in [3.05, 3.63) is 11.6 Å². The van der Waals surface area contributed by atoms with E-state index in [1.165, 1.54) is 6.42 Å². The smallest absolute Gasteiger partial charge is 0.307 e. The second kappa shape index (κ2) is 7.05. The van der Waals surface area contributed by atoms with Gasteiger partial charge in [-0.15, -0.1) is 5.10 Å². The molecule has 3 saturated carbocycles. The molecule has 1 aromatic rings. The normalized spacial score (nSPS) is 49.9. The monoisotopic (exact) mass is 469 g/mol. The van der Waals surface area contributed by atoms with Crippen LogP contribution in [0.25, 0.3) is 0 Å². The molecule has 186 valence electrons. The largest absolute Gasteiger partial charge is 0.481 e. The Bertz CT molecular complexity index is 1050. The molecule has 1 aromatic heterocycles. The number of fused-ring (bicyclic) bond motifs is 3. The average Bonchev–Trinajstić information content (AvgIpc) is 3.20. The number of carboxylic acids is 1. The van der Waals surface area contributed by atoms with Crippen LogP contribution in [0.5, 0.6) is 0 Å². The van der Waals surface area contributed by atoms with Gasteiger partial charge in [0.2, 0.25) is 0 Å². The van der Waals surface area contributed by atoms with Gasteiger partial charge in [-0.2, -0.15) is 4.80 Å². The maximum absolute atomic E-state index is 12.5. The summed E-state index contributed by atoms with van der Waals surface area (Å²) in [6, 6.07) is 0.147. The van der Waals surface area contributed by atoms with Crippen molar-refractivity contribution in [2.24, 2.45) is 45.3 Å². The Morgan fingerprint density at radius 1 is 1.18 bits per heavy atom. The van der Waals surface area contributed by atoms with Gasteiger partial charge in [0.15, 0.2) is 0 Å². The molecule has 0 aromatic carbocycles. The molecule has 0 spiro atoms. The predicted octanol–water partition coefficient (Wildman–Crippen LogP) is 4.11. The topological polar surface area (TPSA) is 116 Å². The fraction of sp³-hybridized carbons (Fsp3) is 0.846. The molecule has 8 heteroatoms. The van der Waals surface area contributed by atoms with E-state index in [2.05, 4.69) is 49.2 Å². The molecule has 2 bridgehead atoms. The summed E-state index contributed by atoms with van der Waals surface area (Å²) in [5, 5.41) is 22.9. The molecule has 2 heterocycles. The van der Waals surface area contributed by atoms with E-state index in [0.29, 0.717) is 11.8 Å². The quantitative estimate of drug-likeness (QED) is 0.626. The van der Waals surface area contributed by atoms with E-state index in [1.807, 2.05) is 0 Å². The number of carboxylic acid groups (broad SMARTS) is 1. The minimum atomic E-state index is -0.620. The molecule has 4 aliphatic carbocycles. The Labute approximate surface area is 201 Å². The number of rotatable bonds is 2. The summed E-state index contributed by atoms with van der Waals surface area (Å²) in [6.07, 6.45) is 9.63. The number of hydrogen-bond acceptors (Lipinski definition) is 6. The molecule has 0 radical (unpaired) electrons. The number of nitrogens with two attached hydrogens (primary N) is 1. The second-order valence-electron chi connectivity index (χ2n) is 13.0. The summed E-state index contributed by atoms with van der Waals surface area (Å²) in [4.78, 5) is 14.2. The lowest BCUT2D eigenvalue weighted by Crippen LogP contribution is -2.64. The van der Waals surface area contributed by atoms with Crippen LogP contribution in [-0.2, 0) is 9.53 Å². The summed E-state index contributed by atoms with van der Waals surface area (Å²) in [6.45, 7) is 10.7. The van der Waals surface area contributed by atoms with E-state index in [9.17, 15) is 9.90 Å². The van der Waals surface area contributed by atoms with Crippen LogP contribution in [-0.4, -0.2) is 44.5 Å². The number of nitrogens with zero attached hydrogens (tertiary/aromatic N) is 4. The Morgan fingerprint density at radius 2 is 1.97 bits per heavy atom. The first kappa shape index (κ1) is 22.5. The van der Waals surface area contributed by atoms with E-state index in [1.54, 1.807) is 10.4 Å². The average molecular weight is 470 g/mol. The zero-order chi connectivity index (χ0) is 24.1. The Hall–Kier alpha value is -1.96. The first-order chi connectivity index (χ1) is 16.0. The highest BCUT2D eigenvalue weighted by molar-refractivity contribution is 5.72. The van der Waals surface area contributed by atoms with E-state index in [-0.39, 0.29) is 45.5 Å². The highest BCUT2D eigenvalue weighted by atomic mass is 16.5. The number of hydrogen-bond donors (Lipinski definition) is 2. The lowest BCUT2D eigenvalue weighted by molar-refractivity contribution is -0.200. The van der Waals surface area contributed by atoms with E-state index in [0.717, 1.165) is 51.7 Å². The van der Waals surface area contributed by atoms with Gasteiger partial charge in [0.25, 0.3) is 5.95 Å². The van der Waals surface area contributed by atoms with E-state index < -0.39 is 5.97 Å². The number of nitrogen functional groups attached to an aromatic ring is 1. The lowest BCUT2D eigenvalue weighted by Gasteiger charge is -2.69. The highest BCUT2D eigenvalue weighted by Gasteiger charge is 2.68. The van der Waals surface area contributed by atoms with Crippen LogP contribution < -0.4 is 5.73 Å². The van der Waals surface area contributed by atoms with Gasteiger partial charge in [-0.3, -0.25) is 4.79 Å². The van der Waals surface area contributed by atoms with Gasteiger partial charge >= 0.3 is 5.97 Å². The van der Waals surface area contributed by atoms with Crippen molar-refractivity contribution in [1.82, 2.24) is 20.2 Å². The molecule has 8 nitrogen and oxygen atoms in total. The zero-order valence-corrected chi connectivity index (χ0v) is 21.0. The Kier molecular flexibility index (Phi) is 4.66. The third kappa shape index (κ3) is 2.69. The zero-order valence-electron chi connectivity index (χ0n) is 21.0. The van der Waals surface area contributed by atoms with Crippen molar-refractivity contribution in [1.29, 1.82) is 0 Å². The number of ether oxygens (including phenoxy) is 1. The molecule has 4 fully saturated rings. The summed E-state index contributed by atoms with van der Waals surface area (Å²) in [5.74, 6) is 0.488. The van der Waals surface area contributed by atoms with Crippen molar-refractivity contribution in [2.75, 3.05) is 18.9 Å². The van der Waals surface area contributed by atoms with Crippen molar-refractivity contribution in [2.45, 2.75) is 78.7 Å². The molecule has 5 aliphatic rings. The van der Waals surface area contributed by atoms with Gasteiger partial charge in [-0.25, -0.2) is 0 Å². The van der Waals surface area contributed by atoms with Gasteiger partial charge in [0.05, 0.1) is 25.2 Å². The lowest BCUT2D eigenvalue weighted by atomic mass is 9.36. The van der Waals surface area contributed by atoms with Crippen LogP contribution in [0, 0.1) is 45.3 Å². The fourth-order valence-electron chi connectivity index (χ4n) is 9.93. The molecule has 1 saturated heterocycles. The number of anilines is 1. The Balaban J connectivity index is 1.46. The number of carbonyl (C=O) groups is 1. The SMILES string of the molecule is CC1CCC2(C)C3CCC4C5(C)COCC4(CC(n4nnc(N)n4)C5)C3=CCC2(C)C1C(=O)O. The van der Waals surface area contributed by atoms with Crippen molar-refractivity contribution >= 4 is 11.9 Å². The maximum Gasteiger partial charge on any atom is 0.307 e. The number of aliphatic carboxylic acids is 1. The number of aromatic nitrogens is 4. The van der Waals surface area contributed by atoms with Crippen molar-refractivity contribution < 1.29 is 14.6 Å². The Morgan fingerprint density at radius 3 is 2.68 bits per heavy atom. The van der Waals surface area contributed by atoms with Crippen LogP contribution in [0.1, 0.15) is 78.7 Å². The van der Waals surface area contributed by atoms with Crippen LogP contribution in [0.4, 0.5) is 5.95 Å². The molecule has 0 amide bonds. The molecule has 9 unspecified atom stereocenters. The standard InChI is InChI=1S/C26H39N5O3/c1-15-7-9-24(3)17-5-6-19-23(2)11-16(31-29-22(27)28-30-31)12-26(19,14-34-13-23)18(17)8-10-25(24,4)20(15)21(32)33/h8,15-17,19-20H,5-7,9-14H2,1-4H3,(H2,27,29)(H,32,33).